The molecule has 0 aliphatic heterocycles. The summed E-state index contributed by atoms with van der Waals surface area (Å²) in [4.78, 5) is 23.0. The minimum Gasteiger partial charge on any atom is -0.842 e. The van der Waals surface area contributed by atoms with Crippen molar-refractivity contribution in [3.05, 3.63) is 131 Å². The number of hydrogen-bond acceptors (Lipinski definition) is 5. The Hall–Kier alpha value is -4.62. The topological polar surface area (TPSA) is 82.6 Å². The Balaban J connectivity index is 1.45. The fraction of sp³-hybridized carbons (Fsp3) is 0.0690. The summed E-state index contributed by atoms with van der Waals surface area (Å²) in [6.45, 7) is 4.38. The van der Waals surface area contributed by atoms with Crippen LogP contribution in [0.15, 0.2) is 109 Å². The number of halogens is 1. The molecule has 184 valence electrons. The molecule has 8 heteroatoms. The molecular formula is C29H23ClN4O3. The van der Waals surface area contributed by atoms with Gasteiger partial charge in [0.15, 0.2) is 5.75 Å². The van der Waals surface area contributed by atoms with Gasteiger partial charge in [-0.1, -0.05) is 72.8 Å². The first kappa shape index (κ1) is 24.1. The normalized spacial score (nSPS) is 10.8. The highest BCUT2D eigenvalue weighted by atomic mass is 35.5. The highest BCUT2D eigenvalue weighted by Crippen LogP contribution is 2.24. The van der Waals surface area contributed by atoms with Crippen LogP contribution in [0.3, 0.4) is 0 Å². The van der Waals surface area contributed by atoms with Crippen molar-refractivity contribution in [2.45, 2.75) is 13.0 Å². The van der Waals surface area contributed by atoms with E-state index in [1.54, 1.807) is 65.5 Å². The number of para-hydroxylation sites is 1. The van der Waals surface area contributed by atoms with E-state index in [1.165, 1.54) is 4.40 Å². The number of nitrogens with one attached hydrogen (secondary N) is 1. The standard InChI is InChI=1S/C29H23ClN4O3/c1-20(32-37-24-7-3-2-4-8-24)22-11-13-23(14-12-22)27-28(35)33-17-6-5-9-26(33)34(29(27)36)18-16-21-10-15-25(30)31-19-21/h2-15,17,19,32H,1,16,18H2. The number of nitrogens with zero attached hydrogens (tertiary/aromatic N) is 3. The zero-order valence-electron chi connectivity index (χ0n) is 19.8. The molecule has 0 bridgehead atoms. The van der Waals surface area contributed by atoms with Crippen LogP contribution in [0.4, 0.5) is 0 Å². The lowest BCUT2D eigenvalue weighted by molar-refractivity contribution is -0.715. The zero-order chi connectivity index (χ0) is 25.8. The molecule has 5 aromatic rings. The third-order valence-corrected chi connectivity index (χ3v) is 6.20. The summed E-state index contributed by atoms with van der Waals surface area (Å²) in [5.74, 6) is 0.301. The molecule has 0 amide bonds. The lowest BCUT2D eigenvalue weighted by Crippen LogP contribution is -2.44. The zero-order valence-corrected chi connectivity index (χ0v) is 20.6. The molecule has 0 saturated heterocycles. The maximum absolute atomic E-state index is 13.6. The minimum absolute atomic E-state index is 0.101. The van der Waals surface area contributed by atoms with Gasteiger partial charge in [-0.3, -0.25) is 0 Å². The predicted molar refractivity (Wildman–Crippen MR) is 141 cm³/mol. The van der Waals surface area contributed by atoms with E-state index >= 15 is 0 Å². The van der Waals surface area contributed by atoms with Crippen molar-refractivity contribution in [2.75, 3.05) is 0 Å². The van der Waals surface area contributed by atoms with Crippen molar-refractivity contribution in [3.8, 4) is 22.8 Å². The second kappa shape index (κ2) is 10.6. The van der Waals surface area contributed by atoms with E-state index in [2.05, 4.69) is 17.0 Å². The van der Waals surface area contributed by atoms with Gasteiger partial charge in [-0.25, -0.2) is 19.8 Å². The number of aryl methyl sites for hydroxylation is 2. The molecule has 0 spiro atoms. The average Bonchev–Trinajstić information content (AvgIpc) is 2.93. The van der Waals surface area contributed by atoms with Gasteiger partial charge < -0.3 is 9.94 Å². The maximum Gasteiger partial charge on any atom is 0.349 e. The number of fused-ring (bicyclic) bond motifs is 1. The van der Waals surface area contributed by atoms with E-state index in [1.807, 2.05) is 36.4 Å². The van der Waals surface area contributed by atoms with Gasteiger partial charge in [0.25, 0.3) is 5.65 Å². The summed E-state index contributed by atoms with van der Waals surface area (Å²) in [6, 6.07) is 25.3. The minimum atomic E-state index is -0.373. The Bertz CT molecular complexity index is 1620. The molecule has 0 aliphatic rings. The molecule has 3 aromatic heterocycles. The monoisotopic (exact) mass is 510 g/mol. The predicted octanol–water partition coefficient (Wildman–Crippen LogP) is 4.17. The second-order valence-electron chi connectivity index (χ2n) is 8.38. The van der Waals surface area contributed by atoms with E-state index in [4.69, 9.17) is 16.4 Å². The lowest BCUT2D eigenvalue weighted by Gasteiger charge is -2.17. The van der Waals surface area contributed by atoms with E-state index in [9.17, 15) is 9.90 Å². The first-order chi connectivity index (χ1) is 18.0. The van der Waals surface area contributed by atoms with Crippen molar-refractivity contribution in [3.63, 3.8) is 0 Å². The van der Waals surface area contributed by atoms with Crippen LogP contribution in [0.25, 0.3) is 22.5 Å². The summed E-state index contributed by atoms with van der Waals surface area (Å²) in [5, 5.41) is 14.0. The number of rotatable bonds is 8. The smallest absolute Gasteiger partial charge is 0.349 e. The van der Waals surface area contributed by atoms with Crippen LogP contribution < -0.4 is 25.6 Å². The highest BCUT2D eigenvalue weighted by Gasteiger charge is 2.20. The largest absolute Gasteiger partial charge is 0.842 e. The van der Waals surface area contributed by atoms with Gasteiger partial charge in [0.2, 0.25) is 0 Å². The Labute approximate surface area is 218 Å². The van der Waals surface area contributed by atoms with E-state index in [-0.39, 0.29) is 17.0 Å². The van der Waals surface area contributed by atoms with Gasteiger partial charge in [-0.05, 0) is 35.4 Å². The molecule has 0 aliphatic carbocycles. The molecule has 5 rings (SSSR count). The van der Waals surface area contributed by atoms with Gasteiger partial charge in [0.1, 0.15) is 10.7 Å². The molecule has 1 N–H and O–H groups in total. The molecule has 0 atom stereocenters. The average molecular weight is 511 g/mol. The molecule has 0 radical (unpaired) electrons. The van der Waals surface area contributed by atoms with Crippen LogP contribution in [0.5, 0.6) is 11.6 Å². The molecule has 3 heterocycles. The summed E-state index contributed by atoms with van der Waals surface area (Å²) in [6.07, 6.45) is 3.91. The summed E-state index contributed by atoms with van der Waals surface area (Å²) in [5.41, 5.74) is 5.84. The lowest BCUT2D eigenvalue weighted by atomic mass is 10.0. The molecule has 37 heavy (non-hydrogen) atoms. The molecule has 2 aromatic carbocycles. The number of pyridine rings is 2. The Morgan fingerprint density at radius 1 is 1.03 bits per heavy atom. The summed E-state index contributed by atoms with van der Waals surface area (Å²) in [7, 11) is 0. The van der Waals surface area contributed by atoms with Crippen molar-refractivity contribution in [1.82, 2.24) is 14.9 Å². The number of hydrogen-bond donors (Lipinski definition) is 1. The van der Waals surface area contributed by atoms with Gasteiger partial charge in [-0.2, -0.15) is 4.40 Å². The Morgan fingerprint density at radius 2 is 1.78 bits per heavy atom. The first-order valence-electron chi connectivity index (χ1n) is 11.6. The summed E-state index contributed by atoms with van der Waals surface area (Å²) < 4.78 is 3.12. The third-order valence-electron chi connectivity index (χ3n) is 5.98. The number of benzene rings is 2. The first-order valence-corrected chi connectivity index (χ1v) is 12.0. The number of hydroxylamine groups is 1. The summed E-state index contributed by atoms with van der Waals surface area (Å²) >= 11 is 5.89. The maximum atomic E-state index is 13.6. The van der Waals surface area contributed by atoms with Crippen LogP contribution in [-0.4, -0.2) is 9.38 Å². The van der Waals surface area contributed by atoms with Gasteiger partial charge in [0, 0.05) is 24.2 Å². The van der Waals surface area contributed by atoms with Crippen LogP contribution in [0, 0.1) is 0 Å². The van der Waals surface area contributed by atoms with Crippen molar-refractivity contribution in [1.29, 1.82) is 0 Å². The van der Waals surface area contributed by atoms with Gasteiger partial charge in [-0.15, -0.1) is 0 Å². The molecular weight excluding hydrogens is 488 g/mol. The SMILES string of the molecule is C=C(NOc1ccccc1)c1ccc(-c2c([O-])[n+](CCc3ccc(Cl)nc3)c3ccccn3c2=O)cc1. The van der Waals surface area contributed by atoms with E-state index in [0.717, 1.165) is 11.1 Å². The van der Waals surface area contributed by atoms with Crippen LogP contribution in [0.2, 0.25) is 5.15 Å². The molecule has 0 fully saturated rings. The van der Waals surface area contributed by atoms with E-state index < -0.39 is 0 Å². The van der Waals surface area contributed by atoms with Crippen LogP contribution >= 0.6 is 11.6 Å². The molecule has 0 unspecified atom stereocenters. The Morgan fingerprint density at radius 3 is 2.51 bits per heavy atom. The quantitative estimate of drug-likeness (QED) is 0.192. The number of aromatic nitrogens is 3. The van der Waals surface area contributed by atoms with Crippen LogP contribution in [-0.2, 0) is 13.0 Å². The molecule has 7 nitrogen and oxygen atoms in total. The van der Waals surface area contributed by atoms with Crippen molar-refractivity contribution in [2.24, 2.45) is 0 Å². The van der Waals surface area contributed by atoms with Crippen LogP contribution in [0.1, 0.15) is 11.1 Å². The third kappa shape index (κ3) is 5.17. The Kier molecular flexibility index (Phi) is 6.87. The van der Waals surface area contributed by atoms with Crippen molar-refractivity contribution < 1.29 is 14.5 Å². The van der Waals surface area contributed by atoms with Gasteiger partial charge in [0.05, 0.1) is 24.3 Å². The van der Waals surface area contributed by atoms with Crippen molar-refractivity contribution >= 4 is 22.9 Å². The fourth-order valence-electron chi connectivity index (χ4n) is 4.04. The second-order valence-corrected chi connectivity index (χ2v) is 8.77. The highest BCUT2D eigenvalue weighted by molar-refractivity contribution is 6.29. The van der Waals surface area contributed by atoms with Gasteiger partial charge >= 0.3 is 5.56 Å². The molecule has 0 saturated carbocycles. The van der Waals surface area contributed by atoms with E-state index in [0.29, 0.717) is 40.8 Å². The fourth-order valence-corrected chi connectivity index (χ4v) is 4.15.